The van der Waals surface area contributed by atoms with Crippen LogP contribution >= 0.6 is 56.5 Å². The van der Waals surface area contributed by atoms with E-state index in [1.165, 1.54) is 36.5 Å². The summed E-state index contributed by atoms with van der Waals surface area (Å²) in [5, 5.41) is 14.8. The summed E-state index contributed by atoms with van der Waals surface area (Å²) in [6.45, 7) is 0. The second-order valence-corrected chi connectivity index (χ2v) is 12.3. The highest BCUT2D eigenvalue weighted by atomic mass is 127. The molecule has 6 aromatic rings. The van der Waals surface area contributed by atoms with Gasteiger partial charge in [-0.15, -0.1) is 11.3 Å². The Morgan fingerprint density at radius 2 is 1.46 bits per heavy atom. The monoisotopic (exact) mass is 726 g/mol. The van der Waals surface area contributed by atoms with Crippen molar-refractivity contribution in [2.45, 2.75) is 12.5 Å². The van der Waals surface area contributed by atoms with Gasteiger partial charge in [-0.2, -0.15) is 0 Å². The van der Waals surface area contributed by atoms with Crippen LogP contribution in [0.3, 0.4) is 0 Å². The van der Waals surface area contributed by atoms with Crippen LogP contribution in [0.15, 0.2) is 97.1 Å². The summed E-state index contributed by atoms with van der Waals surface area (Å²) >= 11 is 6.36. The highest BCUT2D eigenvalue weighted by molar-refractivity contribution is 14.1. The summed E-state index contributed by atoms with van der Waals surface area (Å²) in [4.78, 5) is 12.1. The van der Waals surface area contributed by atoms with E-state index in [4.69, 9.17) is 4.74 Å². The molecule has 0 saturated carbocycles. The molecule has 37 heavy (non-hydrogen) atoms. The maximum atomic E-state index is 12.1. The Balaban J connectivity index is 1.49. The smallest absolute Gasteiger partial charge is 0.345 e. The number of halogens is 2. The van der Waals surface area contributed by atoms with Crippen LogP contribution in [-0.2, 0) is 11.2 Å². The van der Waals surface area contributed by atoms with Gasteiger partial charge in [0.25, 0.3) is 0 Å². The Hall–Kier alpha value is -2.69. The third kappa shape index (κ3) is 4.70. The second-order valence-electron chi connectivity index (χ2n) is 8.85. The third-order valence-electron chi connectivity index (χ3n) is 6.48. The molecule has 0 aliphatic heterocycles. The van der Waals surface area contributed by atoms with E-state index >= 15 is 0 Å². The van der Waals surface area contributed by atoms with Crippen LogP contribution in [0.5, 0.6) is 5.75 Å². The largest absolute Gasteiger partial charge is 0.478 e. The molecule has 0 spiro atoms. The predicted octanol–water partition coefficient (Wildman–Crippen LogP) is 9.16. The van der Waals surface area contributed by atoms with E-state index in [0.717, 1.165) is 18.3 Å². The fraction of sp³-hybridized carbons (Fsp3) is 0.0645. The van der Waals surface area contributed by atoms with Crippen molar-refractivity contribution in [2.75, 3.05) is 0 Å². The van der Waals surface area contributed by atoms with Crippen LogP contribution < -0.4 is 4.74 Å². The van der Waals surface area contributed by atoms with E-state index in [-0.39, 0.29) is 0 Å². The average molecular weight is 726 g/mol. The minimum atomic E-state index is -0.972. The Bertz CT molecular complexity index is 1770. The van der Waals surface area contributed by atoms with E-state index in [1.54, 1.807) is 0 Å². The van der Waals surface area contributed by atoms with Crippen molar-refractivity contribution in [3.63, 3.8) is 0 Å². The second kappa shape index (κ2) is 10.2. The van der Waals surface area contributed by atoms with Gasteiger partial charge in [-0.25, -0.2) is 4.79 Å². The highest BCUT2D eigenvalue weighted by Crippen LogP contribution is 2.45. The number of carboxylic acid groups (broad SMARTS) is 1. The minimum absolute atomic E-state index is 0.301. The number of carboxylic acids is 1. The van der Waals surface area contributed by atoms with Crippen molar-refractivity contribution in [1.29, 1.82) is 0 Å². The lowest BCUT2D eigenvalue weighted by Crippen LogP contribution is -2.30. The first-order chi connectivity index (χ1) is 18.0. The number of carbonyl (C=O) groups is 1. The average Bonchev–Trinajstić information content (AvgIpc) is 3.27. The molecule has 0 saturated heterocycles. The van der Waals surface area contributed by atoms with Gasteiger partial charge in [-0.3, -0.25) is 0 Å². The van der Waals surface area contributed by atoms with Crippen LogP contribution in [-0.4, -0.2) is 17.2 Å². The molecule has 1 heterocycles. The number of fused-ring (bicyclic) bond motifs is 4. The van der Waals surface area contributed by atoms with Gasteiger partial charge in [-0.05, 0) is 96.9 Å². The first-order valence-corrected chi connectivity index (χ1v) is 14.7. The minimum Gasteiger partial charge on any atom is -0.478 e. The summed E-state index contributed by atoms with van der Waals surface area (Å²) < 4.78 is 10.5. The van der Waals surface area contributed by atoms with Crippen LogP contribution in [0.1, 0.15) is 5.56 Å². The standard InChI is InChI=1S/C31H20I2O3S/c32-23-15-20(16-24(33)30(23)36-25(31(34)35)14-18-8-2-1-3-9-18)28-21-11-5-4-10-19(21)17-27-29(28)22-12-6-7-13-26(22)37-27/h1-13,15-17,25H,14H2,(H,34,35)/t25-/m1/s1. The van der Waals surface area contributed by atoms with Gasteiger partial charge in [0.05, 0.1) is 7.14 Å². The summed E-state index contributed by atoms with van der Waals surface area (Å²) in [6.07, 6.45) is -0.671. The van der Waals surface area contributed by atoms with Crippen molar-refractivity contribution < 1.29 is 14.6 Å². The summed E-state index contributed by atoms with van der Waals surface area (Å²) in [5.74, 6) is -0.361. The van der Waals surface area contributed by atoms with Gasteiger partial charge < -0.3 is 9.84 Å². The molecule has 0 fully saturated rings. The summed E-state index contributed by atoms with van der Waals surface area (Å²) in [6, 6.07) is 33.2. The van der Waals surface area contributed by atoms with E-state index in [1.807, 2.05) is 41.7 Å². The molecule has 1 atom stereocenters. The van der Waals surface area contributed by atoms with Gasteiger partial charge in [0.1, 0.15) is 5.75 Å². The molecular weight excluding hydrogens is 706 g/mol. The lowest BCUT2D eigenvalue weighted by atomic mass is 9.93. The first-order valence-electron chi connectivity index (χ1n) is 11.8. The fourth-order valence-corrected chi connectivity index (χ4v) is 8.00. The number of aliphatic carboxylic acids is 1. The maximum Gasteiger partial charge on any atom is 0.345 e. The molecule has 0 unspecified atom stereocenters. The molecular formula is C31H20I2O3S. The lowest BCUT2D eigenvalue weighted by molar-refractivity contribution is -0.145. The van der Waals surface area contributed by atoms with Crippen molar-refractivity contribution in [2.24, 2.45) is 0 Å². The van der Waals surface area contributed by atoms with E-state index < -0.39 is 12.1 Å². The molecule has 6 heteroatoms. The zero-order valence-electron chi connectivity index (χ0n) is 19.4. The molecule has 3 nitrogen and oxygen atoms in total. The lowest BCUT2D eigenvalue weighted by Gasteiger charge is -2.19. The van der Waals surface area contributed by atoms with Gasteiger partial charge in [0.2, 0.25) is 0 Å². The maximum absolute atomic E-state index is 12.1. The first kappa shape index (κ1) is 24.6. The zero-order chi connectivity index (χ0) is 25.5. The predicted molar refractivity (Wildman–Crippen MR) is 170 cm³/mol. The molecule has 0 amide bonds. The number of thiophene rings is 1. The Labute approximate surface area is 245 Å². The number of hydrogen-bond acceptors (Lipinski definition) is 3. The normalized spacial score (nSPS) is 12.3. The molecule has 0 aliphatic carbocycles. The molecule has 1 aromatic heterocycles. The molecule has 0 radical (unpaired) electrons. The van der Waals surface area contributed by atoms with Crippen molar-refractivity contribution >= 4 is 93.4 Å². The number of ether oxygens (including phenoxy) is 1. The summed E-state index contributed by atoms with van der Waals surface area (Å²) in [5.41, 5.74) is 3.23. The van der Waals surface area contributed by atoms with Crippen LogP contribution in [0, 0.1) is 7.14 Å². The summed E-state index contributed by atoms with van der Waals surface area (Å²) in [7, 11) is 0. The highest BCUT2D eigenvalue weighted by Gasteiger charge is 2.24. The SMILES string of the molecule is O=C(O)[C@@H](Cc1ccccc1)Oc1c(I)cc(-c2c3ccccc3cc3sc4ccccc4c23)cc1I. The van der Waals surface area contributed by atoms with Crippen molar-refractivity contribution in [1.82, 2.24) is 0 Å². The molecule has 182 valence electrons. The Morgan fingerprint density at radius 3 is 2.19 bits per heavy atom. The third-order valence-corrected chi connectivity index (χ3v) is 9.20. The molecule has 1 N–H and O–H groups in total. The van der Waals surface area contributed by atoms with Crippen LogP contribution in [0.2, 0.25) is 0 Å². The Morgan fingerprint density at radius 1 is 0.811 bits per heavy atom. The van der Waals surface area contributed by atoms with E-state index in [2.05, 4.69) is 112 Å². The quantitative estimate of drug-likeness (QED) is 0.174. The van der Waals surface area contributed by atoms with Crippen LogP contribution in [0.4, 0.5) is 0 Å². The molecule has 6 rings (SSSR count). The van der Waals surface area contributed by atoms with Gasteiger partial charge >= 0.3 is 5.97 Å². The molecule has 0 aliphatic rings. The molecule has 0 bridgehead atoms. The van der Waals surface area contributed by atoms with Gasteiger partial charge in [-0.1, -0.05) is 72.8 Å². The molecule has 5 aromatic carbocycles. The fourth-order valence-electron chi connectivity index (χ4n) is 4.82. The number of hydrogen-bond donors (Lipinski definition) is 1. The van der Waals surface area contributed by atoms with E-state index in [9.17, 15) is 9.90 Å². The zero-order valence-corrected chi connectivity index (χ0v) is 24.6. The number of rotatable bonds is 6. The Kier molecular flexibility index (Phi) is 6.81. The number of benzene rings is 5. The van der Waals surface area contributed by atoms with E-state index in [0.29, 0.717) is 12.2 Å². The van der Waals surface area contributed by atoms with Gasteiger partial charge in [0.15, 0.2) is 6.10 Å². The van der Waals surface area contributed by atoms with Crippen molar-refractivity contribution in [3.8, 4) is 16.9 Å². The van der Waals surface area contributed by atoms with Crippen molar-refractivity contribution in [3.05, 3.63) is 110 Å². The van der Waals surface area contributed by atoms with Gasteiger partial charge in [0, 0.05) is 26.6 Å². The topological polar surface area (TPSA) is 46.5 Å². The van der Waals surface area contributed by atoms with Crippen LogP contribution in [0.25, 0.3) is 42.1 Å².